The van der Waals surface area contributed by atoms with Gasteiger partial charge in [-0.15, -0.1) is 0 Å². The van der Waals surface area contributed by atoms with Crippen LogP contribution in [0.15, 0.2) is 64.2 Å². The molecule has 2 aromatic heterocycles. The summed E-state index contributed by atoms with van der Waals surface area (Å²) in [6.07, 6.45) is 3.33. The Bertz CT molecular complexity index is 1630. The zero-order valence-electron chi connectivity index (χ0n) is 19.6. The number of benzene rings is 2. The van der Waals surface area contributed by atoms with E-state index in [9.17, 15) is 19.7 Å². The first-order valence-electron chi connectivity index (χ1n) is 11.2. The Hall–Kier alpha value is -4.24. The van der Waals surface area contributed by atoms with Crippen molar-refractivity contribution < 1.29 is 9.66 Å². The zero-order valence-corrected chi connectivity index (χ0v) is 19.6. The van der Waals surface area contributed by atoms with Gasteiger partial charge in [0, 0.05) is 37.8 Å². The second-order valence-electron chi connectivity index (χ2n) is 8.63. The quantitative estimate of drug-likeness (QED) is 0.333. The summed E-state index contributed by atoms with van der Waals surface area (Å²) < 4.78 is 10.6. The van der Waals surface area contributed by atoms with Crippen LogP contribution in [-0.2, 0) is 25.4 Å². The van der Waals surface area contributed by atoms with Crippen molar-refractivity contribution >= 4 is 22.7 Å². The molecule has 0 N–H and O–H groups in total. The summed E-state index contributed by atoms with van der Waals surface area (Å²) in [5.74, 6) is 0. The van der Waals surface area contributed by atoms with Gasteiger partial charge in [-0.3, -0.25) is 24.0 Å². The first kappa shape index (κ1) is 22.5. The van der Waals surface area contributed by atoms with E-state index in [0.717, 1.165) is 10.1 Å². The molecule has 0 bridgehead atoms. The van der Waals surface area contributed by atoms with Gasteiger partial charge in [0.05, 0.1) is 33.8 Å². The minimum Gasteiger partial charge on any atom is -0.366 e. The lowest BCUT2D eigenvalue weighted by Crippen LogP contribution is -2.37. The molecule has 5 rings (SSSR count). The number of nitrogens with zero attached hydrogens (tertiary/aromatic N) is 4. The minimum atomic E-state index is -0.515. The molecule has 1 atom stereocenters. The van der Waals surface area contributed by atoms with Crippen LogP contribution >= 0.6 is 0 Å². The number of hydrogen-bond acceptors (Lipinski definition) is 5. The molecule has 0 fully saturated rings. The predicted octanol–water partition coefficient (Wildman–Crippen LogP) is 3.71. The van der Waals surface area contributed by atoms with Gasteiger partial charge in [-0.2, -0.15) is 0 Å². The van der Waals surface area contributed by atoms with Gasteiger partial charge in [-0.05, 0) is 18.6 Å². The summed E-state index contributed by atoms with van der Waals surface area (Å²) in [6.45, 7) is 2.50. The number of rotatable bonds is 4. The van der Waals surface area contributed by atoms with Gasteiger partial charge in [-0.1, -0.05) is 48.5 Å². The standard InChI is InChI=1S/C26H24N4O5/c1-16-9-11-18(15-19(16)30(33)34)22-21-24(27(2)26(32)28(3)25(21)31)23-20(35-14-13-29(22)23)12-10-17-7-5-4-6-8-17/h4-12,15,20H,13-14H2,1-3H3/b12-10+/t20-/m0/s1. The van der Waals surface area contributed by atoms with Crippen LogP contribution in [0.5, 0.6) is 0 Å². The second kappa shape index (κ2) is 8.52. The Morgan fingerprint density at radius 1 is 1.09 bits per heavy atom. The number of ether oxygens (including phenoxy) is 1. The molecule has 1 aliphatic rings. The van der Waals surface area contributed by atoms with Gasteiger partial charge in [0.1, 0.15) is 6.10 Å². The van der Waals surface area contributed by atoms with Crippen LogP contribution in [0.4, 0.5) is 5.69 Å². The number of hydrogen-bond donors (Lipinski definition) is 0. The molecule has 0 spiro atoms. The van der Waals surface area contributed by atoms with Crippen LogP contribution in [0.25, 0.3) is 28.2 Å². The van der Waals surface area contributed by atoms with E-state index in [0.29, 0.717) is 46.6 Å². The highest BCUT2D eigenvalue weighted by atomic mass is 16.6. The van der Waals surface area contributed by atoms with E-state index in [1.165, 1.54) is 17.7 Å². The fraction of sp³-hybridized carbons (Fsp3) is 0.231. The van der Waals surface area contributed by atoms with Crippen LogP contribution in [0.3, 0.4) is 0 Å². The maximum absolute atomic E-state index is 13.4. The number of aryl methyl sites for hydroxylation is 2. The number of nitro groups is 1. The van der Waals surface area contributed by atoms with Gasteiger partial charge < -0.3 is 9.30 Å². The molecule has 9 heteroatoms. The van der Waals surface area contributed by atoms with Gasteiger partial charge in [-0.25, -0.2) is 4.79 Å². The van der Waals surface area contributed by atoms with Gasteiger partial charge in [0.15, 0.2) is 0 Å². The maximum atomic E-state index is 13.4. The molecule has 9 nitrogen and oxygen atoms in total. The second-order valence-corrected chi connectivity index (χ2v) is 8.63. The molecule has 0 unspecified atom stereocenters. The molecule has 178 valence electrons. The predicted molar refractivity (Wildman–Crippen MR) is 133 cm³/mol. The highest BCUT2D eigenvalue weighted by molar-refractivity contribution is 5.97. The Kier molecular flexibility index (Phi) is 5.49. The van der Waals surface area contributed by atoms with E-state index in [1.807, 2.05) is 47.1 Å². The summed E-state index contributed by atoms with van der Waals surface area (Å²) in [5.41, 5.74) is 2.83. The Morgan fingerprint density at radius 2 is 1.83 bits per heavy atom. The third-order valence-corrected chi connectivity index (χ3v) is 6.53. The number of nitro benzene ring substituents is 1. The molecule has 0 saturated carbocycles. The van der Waals surface area contributed by atoms with Crippen LogP contribution in [0, 0.1) is 17.0 Å². The third-order valence-electron chi connectivity index (χ3n) is 6.53. The van der Waals surface area contributed by atoms with E-state index >= 15 is 0 Å². The van der Waals surface area contributed by atoms with E-state index in [-0.39, 0.29) is 5.69 Å². The molecule has 0 amide bonds. The third kappa shape index (κ3) is 3.60. The average Bonchev–Trinajstić information content (AvgIpc) is 3.21. The fourth-order valence-corrected chi connectivity index (χ4v) is 4.77. The van der Waals surface area contributed by atoms with Gasteiger partial charge >= 0.3 is 5.69 Å². The highest BCUT2D eigenvalue weighted by Gasteiger charge is 2.31. The molecular formula is C26H24N4O5. The monoisotopic (exact) mass is 472 g/mol. The SMILES string of the molecule is Cc1ccc(-c2c3c(=O)n(C)c(=O)n(C)c3c3n2CCO[C@H]3/C=C/c2ccccc2)cc1[N+](=O)[O-]. The first-order valence-corrected chi connectivity index (χ1v) is 11.2. The fourth-order valence-electron chi connectivity index (χ4n) is 4.77. The molecule has 4 aromatic rings. The molecule has 0 aliphatic carbocycles. The lowest BCUT2D eigenvalue weighted by atomic mass is 10.1. The lowest BCUT2D eigenvalue weighted by molar-refractivity contribution is -0.385. The lowest BCUT2D eigenvalue weighted by Gasteiger charge is -2.25. The molecule has 3 heterocycles. The molecular weight excluding hydrogens is 448 g/mol. The molecule has 0 radical (unpaired) electrons. The topological polar surface area (TPSA) is 101 Å². The minimum absolute atomic E-state index is 0.0274. The summed E-state index contributed by atoms with van der Waals surface area (Å²) in [7, 11) is 3.06. The van der Waals surface area contributed by atoms with Crippen molar-refractivity contribution in [2.24, 2.45) is 14.1 Å². The number of fused-ring (bicyclic) bond motifs is 3. The van der Waals surface area contributed by atoms with E-state index in [1.54, 1.807) is 26.1 Å². The normalized spacial score (nSPS) is 15.6. The summed E-state index contributed by atoms with van der Waals surface area (Å²) >= 11 is 0. The Labute approximate surface area is 200 Å². The zero-order chi connectivity index (χ0) is 24.9. The van der Waals surface area contributed by atoms with Crippen molar-refractivity contribution in [3.8, 4) is 11.3 Å². The van der Waals surface area contributed by atoms with Crippen LogP contribution in [0.1, 0.15) is 22.9 Å². The average molecular weight is 473 g/mol. The van der Waals surface area contributed by atoms with Crippen molar-refractivity contribution in [3.05, 3.63) is 102 Å². The van der Waals surface area contributed by atoms with Crippen molar-refractivity contribution in [1.82, 2.24) is 13.7 Å². The largest absolute Gasteiger partial charge is 0.366 e. The first-order chi connectivity index (χ1) is 16.8. The molecule has 35 heavy (non-hydrogen) atoms. The van der Waals surface area contributed by atoms with E-state index < -0.39 is 22.3 Å². The van der Waals surface area contributed by atoms with Crippen molar-refractivity contribution in [1.29, 1.82) is 0 Å². The van der Waals surface area contributed by atoms with Gasteiger partial charge in [0.2, 0.25) is 0 Å². The van der Waals surface area contributed by atoms with Crippen molar-refractivity contribution in [2.75, 3.05) is 6.61 Å². The van der Waals surface area contributed by atoms with Crippen LogP contribution in [-0.4, -0.2) is 25.2 Å². The van der Waals surface area contributed by atoms with E-state index in [4.69, 9.17) is 4.74 Å². The Balaban J connectivity index is 1.84. The Morgan fingerprint density at radius 3 is 2.54 bits per heavy atom. The summed E-state index contributed by atoms with van der Waals surface area (Å²) in [6, 6.07) is 14.7. The summed E-state index contributed by atoms with van der Waals surface area (Å²) in [5, 5.41) is 12.0. The van der Waals surface area contributed by atoms with Crippen LogP contribution in [0.2, 0.25) is 0 Å². The molecule has 0 saturated heterocycles. The van der Waals surface area contributed by atoms with Crippen molar-refractivity contribution in [2.45, 2.75) is 19.6 Å². The maximum Gasteiger partial charge on any atom is 0.331 e. The molecule has 2 aromatic carbocycles. The summed E-state index contributed by atoms with van der Waals surface area (Å²) in [4.78, 5) is 37.5. The van der Waals surface area contributed by atoms with Crippen LogP contribution < -0.4 is 11.2 Å². The smallest absolute Gasteiger partial charge is 0.331 e. The highest BCUT2D eigenvalue weighted by Crippen LogP contribution is 2.39. The molecule has 1 aliphatic heterocycles. The van der Waals surface area contributed by atoms with E-state index in [2.05, 4.69) is 0 Å². The number of aromatic nitrogens is 3. The van der Waals surface area contributed by atoms with Gasteiger partial charge in [0.25, 0.3) is 11.2 Å². The van der Waals surface area contributed by atoms with Crippen molar-refractivity contribution in [3.63, 3.8) is 0 Å².